The minimum Gasteiger partial charge on any atom is -0.382 e. The predicted molar refractivity (Wildman–Crippen MR) is 79.4 cm³/mol. The molecule has 1 aliphatic carbocycles. The number of halogens is 3. The minimum absolute atomic E-state index is 0.0912. The molecule has 1 nitrogen and oxygen atoms in total. The Morgan fingerprint density at radius 2 is 1.71 bits per heavy atom. The van der Waals surface area contributed by atoms with Gasteiger partial charge in [0.2, 0.25) is 0 Å². The average Bonchev–Trinajstić information content (AvgIpc) is 2.46. The standard InChI is InChI=1S/C17H18F3N/c18-17(19,20)14-6-3-7-15(11-14)21-16-9-8-12-4-1-2-5-13(12)10-16/h1-2,4-5,8-10,14-15,21H,3,6-7,11H2. The van der Waals surface area contributed by atoms with Crippen molar-refractivity contribution in [3.63, 3.8) is 0 Å². The molecule has 1 saturated carbocycles. The molecule has 0 aromatic heterocycles. The fourth-order valence-electron chi connectivity index (χ4n) is 3.13. The van der Waals surface area contributed by atoms with E-state index in [-0.39, 0.29) is 18.9 Å². The molecule has 1 fully saturated rings. The Bertz CT molecular complexity index is 621. The topological polar surface area (TPSA) is 12.0 Å². The lowest BCUT2D eigenvalue weighted by Gasteiger charge is -2.31. The molecule has 0 saturated heterocycles. The van der Waals surface area contributed by atoms with Crippen LogP contribution >= 0.6 is 0 Å². The first-order chi connectivity index (χ1) is 10.0. The van der Waals surface area contributed by atoms with E-state index >= 15 is 0 Å². The van der Waals surface area contributed by atoms with Gasteiger partial charge >= 0.3 is 6.18 Å². The van der Waals surface area contributed by atoms with E-state index in [0.29, 0.717) is 6.42 Å². The molecule has 1 aliphatic rings. The summed E-state index contributed by atoms with van der Waals surface area (Å²) in [4.78, 5) is 0. The van der Waals surface area contributed by atoms with Crippen LogP contribution in [0.1, 0.15) is 25.7 Å². The molecular weight excluding hydrogens is 275 g/mol. The van der Waals surface area contributed by atoms with E-state index in [9.17, 15) is 13.2 Å². The van der Waals surface area contributed by atoms with Gasteiger partial charge in [-0.25, -0.2) is 0 Å². The Kier molecular flexibility index (Phi) is 3.79. The highest BCUT2D eigenvalue weighted by Crippen LogP contribution is 2.38. The number of hydrogen-bond donors (Lipinski definition) is 1. The molecule has 2 aromatic carbocycles. The van der Waals surface area contributed by atoms with E-state index in [1.807, 2.05) is 42.5 Å². The van der Waals surface area contributed by atoms with Gasteiger partial charge in [-0.1, -0.05) is 36.8 Å². The lowest BCUT2D eigenvalue weighted by Crippen LogP contribution is -2.34. The Balaban J connectivity index is 1.72. The summed E-state index contributed by atoms with van der Waals surface area (Å²) in [6.07, 6.45) is -2.19. The second-order valence-corrected chi connectivity index (χ2v) is 5.81. The van der Waals surface area contributed by atoms with Crippen LogP contribution in [-0.4, -0.2) is 12.2 Å². The number of fused-ring (bicyclic) bond motifs is 1. The Labute approximate surface area is 122 Å². The van der Waals surface area contributed by atoms with Crippen LogP contribution in [0.15, 0.2) is 42.5 Å². The number of hydrogen-bond acceptors (Lipinski definition) is 1. The number of benzene rings is 2. The molecule has 0 amide bonds. The van der Waals surface area contributed by atoms with E-state index in [1.165, 1.54) is 0 Å². The second kappa shape index (κ2) is 5.58. The van der Waals surface area contributed by atoms with Crippen LogP contribution in [0.25, 0.3) is 10.8 Å². The van der Waals surface area contributed by atoms with Gasteiger partial charge in [0, 0.05) is 11.7 Å². The second-order valence-electron chi connectivity index (χ2n) is 5.81. The summed E-state index contributed by atoms with van der Waals surface area (Å²) in [5.41, 5.74) is 0.904. The van der Waals surface area contributed by atoms with Crippen LogP contribution in [0.3, 0.4) is 0 Å². The molecule has 3 rings (SSSR count). The largest absolute Gasteiger partial charge is 0.391 e. The van der Waals surface area contributed by atoms with E-state index < -0.39 is 12.1 Å². The van der Waals surface area contributed by atoms with Gasteiger partial charge in [-0.05, 0) is 42.2 Å². The average molecular weight is 293 g/mol. The van der Waals surface area contributed by atoms with Gasteiger partial charge in [0.1, 0.15) is 0 Å². The summed E-state index contributed by atoms with van der Waals surface area (Å²) in [6, 6.07) is 13.8. The summed E-state index contributed by atoms with van der Waals surface area (Å²) >= 11 is 0. The lowest BCUT2D eigenvalue weighted by molar-refractivity contribution is -0.182. The van der Waals surface area contributed by atoms with Crippen LogP contribution in [0.4, 0.5) is 18.9 Å². The van der Waals surface area contributed by atoms with Gasteiger partial charge in [-0.15, -0.1) is 0 Å². The minimum atomic E-state index is -4.07. The molecule has 2 unspecified atom stereocenters. The lowest BCUT2D eigenvalue weighted by atomic mass is 9.85. The van der Waals surface area contributed by atoms with Gasteiger partial charge < -0.3 is 5.32 Å². The maximum absolute atomic E-state index is 12.8. The predicted octanol–water partition coefficient (Wildman–Crippen LogP) is 5.37. The first kappa shape index (κ1) is 14.2. The van der Waals surface area contributed by atoms with Crippen molar-refractivity contribution in [3.05, 3.63) is 42.5 Å². The molecule has 2 aromatic rings. The molecule has 0 bridgehead atoms. The summed E-state index contributed by atoms with van der Waals surface area (Å²) in [6.45, 7) is 0. The van der Waals surface area contributed by atoms with Crippen LogP contribution in [0.5, 0.6) is 0 Å². The molecule has 0 spiro atoms. The van der Waals surface area contributed by atoms with E-state index in [0.717, 1.165) is 22.9 Å². The highest BCUT2D eigenvalue weighted by molar-refractivity contribution is 5.85. The maximum atomic E-state index is 12.8. The zero-order valence-corrected chi connectivity index (χ0v) is 11.7. The quantitative estimate of drug-likeness (QED) is 0.784. The SMILES string of the molecule is FC(F)(F)C1CCCC(Nc2ccc3ccccc3c2)C1. The first-order valence-corrected chi connectivity index (χ1v) is 7.34. The fourth-order valence-corrected chi connectivity index (χ4v) is 3.13. The monoisotopic (exact) mass is 293 g/mol. The van der Waals surface area contributed by atoms with E-state index in [4.69, 9.17) is 0 Å². The molecule has 4 heteroatoms. The molecular formula is C17H18F3N. The van der Waals surface area contributed by atoms with Gasteiger partial charge in [0.25, 0.3) is 0 Å². The number of nitrogens with one attached hydrogen (secondary N) is 1. The van der Waals surface area contributed by atoms with Crippen molar-refractivity contribution in [2.75, 3.05) is 5.32 Å². The first-order valence-electron chi connectivity index (χ1n) is 7.34. The van der Waals surface area contributed by atoms with Gasteiger partial charge in [-0.3, -0.25) is 0 Å². The van der Waals surface area contributed by atoms with Gasteiger partial charge in [0.15, 0.2) is 0 Å². The summed E-state index contributed by atoms with van der Waals surface area (Å²) in [5, 5.41) is 5.52. The Hall–Kier alpha value is -1.71. The summed E-state index contributed by atoms with van der Waals surface area (Å²) in [7, 11) is 0. The zero-order valence-electron chi connectivity index (χ0n) is 11.7. The molecule has 0 heterocycles. The number of rotatable bonds is 2. The Morgan fingerprint density at radius 1 is 0.952 bits per heavy atom. The number of alkyl halides is 3. The fraction of sp³-hybridized carbons (Fsp3) is 0.412. The summed E-state index contributed by atoms with van der Waals surface area (Å²) in [5.74, 6) is -1.16. The van der Waals surface area contributed by atoms with E-state index in [1.54, 1.807) is 0 Å². The van der Waals surface area contributed by atoms with Crippen molar-refractivity contribution >= 4 is 16.5 Å². The van der Waals surface area contributed by atoms with Crippen molar-refractivity contribution < 1.29 is 13.2 Å². The van der Waals surface area contributed by atoms with Crippen LogP contribution in [-0.2, 0) is 0 Å². The highest BCUT2D eigenvalue weighted by atomic mass is 19.4. The van der Waals surface area contributed by atoms with Crippen molar-refractivity contribution in [1.82, 2.24) is 0 Å². The molecule has 21 heavy (non-hydrogen) atoms. The van der Waals surface area contributed by atoms with Crippen LogP contribution < -0.4 is 5.32 Å². The Morgan fingerprint density at radius 3 is 2.48 bits per heavy atom. The third kappa shape index (κ3) is 3.31. The third-order valence-electron chi connectivity index (χ3n) is 4.26. The molecule has 0 aliphatic heterocycles. The van der Waals surface area contributed by atoms with E-state index in [2.05, 4.69) is 5.32 Å². The highest BCUT2D eigenvalue weighted by Gasteiger charge is 2.42. The van der Waals surface area contributed by atoms with Crippen LogP contribution in [0.2, 0.25) is 0 Å². The molecule has 1 N–H and O–H groups in total. The van der Waals surface area contributed by atoms with Crippen LogP contribution in [0, 0.1) is 5.92 Å². The van der Waals surface area contributed by atoms with Crippen molar-refractivity contribution in [3.8, 4) is 0 Å². The zero-order chi connectivity index (χ0) is 14.9. The van der Waals surface area contributed by atoms with Crippen molar-refractivity contribution in [2.24, 2.45) is 5.92 Å². The van der Waals surface area contributed by atoms with Gasteiger partial charge in [0.05, 0.1) is 5.92 Å². The third-order valence-corrected chi connectivity index (χ3v) is 4.26. The molecule has 2 atom stereocenters. The maximum Gasteiger partial charge on any atom is 0.391 e. The smallest absolute Gasteiger partial charge is 0.382 e. The van der Waals surface area contributed by atoms with Gasteiger partial charge in [-0.2, -0.15) is 13.2 Å². The van der Waals surface area contributed by atoms with Crippen molar-refractivity contribution in [2.45, 2.75) is 37.9 Å². The number of anilines is 1. The molecule has 0 radical (unpaired) electrons. The molecule has 112 valence electrons. The summed E-state index contributed by atoms with van der Waals surface area (Å²) < 4.78 is 38.5. The normalized spacial score (nSPS) is 23.2. The van der Waals surface area contributed by atoms with Crippen molar-refractivity contribution in [1.29, 1.82) is 0 Å².